The number of alkyl halides is 41. The molecule has 1 aromatic rings. The molecule has 0 saturated carbocycles. The number of benzene rings is 1. The Balaban J connectivity index is 5.17. The van der Waals surface area contributed by atoms with Crippen LogP contribution < -0.4 is 0 Å². The molecule has 0 N–H and O–H groups in total. The van der Waals surface area contributed by atoms with Crippen molar-refractivity contribution in [3.8, 4) is 0 Å². The molecule has 0 saturated heterocycles. The van der Waals surface area contributed by atoms with Gasteiger partial charge in [0.05, 0.1) is 5.56 Å². The van der Waals surface area contributed by atoms with Crippen molar-refractivity contribution in [2.75, 3.05) is 0 Å². The molecule has 0 aliphatic carbocycles. The summed E-state index contributed by atoms with van der Waals surface area (Å²) < 4.78 is 583. The molecule has 0 bridgehead atoms. The monoisotopic (exact) mass is 1220 g/mol. The van der Waals surface area contributed by atoms with Gasteiger partial charge in [0.15, 0.2) is 0 Å². The molecule has 2 atom stereocenters. The van der Waals surface area contributed by atoms with Crippen molar-refractivity contribution in [1.29, 1.82) is 0 Å². The minimum atomic E-state index is -11.0. The summed E-state index contributed by atoms with van der Waals surface area (Å²) in [6.45, 7) is 0. The highest BCUT2D eigenvalue weighted by Crippen LogP contribution is 2.69. The van der Waals surface area contributed by atoms with Gasteiger partial charge in [0.1, 0.15) is 0 Å². The maximum atomic E-state index is 16.2. The van der Waals surface area contributed by atoms with Gasteiger partial charge < -0.3 is 4.74 Å². The molecule has 7 nitrogen and oxygen atoms in total. The van der Waals surface area contributed by atoms with Crippen LogP contribution in [0.2, 0.25) is 0 Å². The van der Waals surface area contributed by atoms with Crippen LogP contribution in [0.15, 0.2) is 30.3 Å². The second-order valence-electron chi connectivity index (χ2n) is 13.1. The van der Waals surface area contributed by atoms with Gasteiger partial charge in [-0.15, -0.1) is 13.2 Å². The number of halogens is 41. The van der Waals surface area contributed by atoms with Crippen LogP contribution in [0.25, 0.3) is 0 Å². The Morgan fingerprint density at radius 1 is 0.280 bits per heavy atom. The van der Waals surface area contributed by atoms with Crippen LogP contribution in [-0.4, -0.2) is 127 Å². The molecule has 0 spiro atoms. The number of ether oxygens (including phenoxy) is 6. The van der Waals surface area contributed by atoms with Gasteiger partial charge in [-0.3, -0.25) is 18.9 Å². The van der Waals surface area contributed by atoms with E-state index in [0.29, 0.717) is 4.74 Å². The summed E-state index contributed by atoms with van der Waals surface area (Å²) in [6, 6.07) is -1.63. The standard InChI is InChI=1S/C27H5F41O7/c28-9(29,22(56,57)71-12(34,16(38,39)40)17(41,42)43)8(70-7(69)6-4-2-1-3-5-6,10(30,31)23(58,59)72-13(35,18(44,45)46)19(47,48)49)11(32,33)24(60,61)73-14(36,20(50,51)52)25(62,63)74-15(37,21(53,54)55)26(64,65)75-27(66,67)68/h1-5H. The SMILES string of the molecule is O=C(OC(C(F)(F)C(F)(F)OC(F)(C(F)(F)F)C(F)(F)F)(C(F)(F)C(F)(F)OC(F)(C(F)(F)F)C(F)(F)F)C(F)(F)C(F)(F)OC(F)(C(F)(F)F)C(F)(F)OC(F)(C(F)(F)F)C(F)(F)OC(F)(F)F)c1ccccc1. The Labute approximate surface area is 377 Å². The minimum absolute atomic E-state index is 0.188. The first-order chi connectivity index (χ1) is 32.0. The van der Waals surface area contributed by atoms with E-state index in [4.69, 9.17) is 0 Å². The molecule has 0 amide bonds. The van der Waals surface area contributed by atoms with Gasteiger partial charge in [-0.2, -0.15) is 167 Å². The zero-order valence-corrected chi connectivity index (χ0v) is 32.2. The Hall–Kier alpha value is -4.38. The number of esters is 1. The zero-order valence-electron chi connectivity index (χ0n) is 32.2. The van der Waals surface area contributed by atoms with E-state index in [-0.39, 0.29) is 18.2 Å². The summed E-state index contributed by atoms with van der Waals surface area (Å²) in [7, 11) is 0. The summed E-state index contributed by atoms with van der Waals surface area (Å²) in [4.78, 5) is 12.6. The van der Waals surface area contributed by atoms with Gasteiger partial charge in [-0.05, 0) is 12.1 Å². The van der Waals surface area contributed by atoms with Gasteiger partial charge in [0, 0.05) is 0 Å². The molecule has 442 valence electrons. The van der Waals surface area contributed by atoms with Crippen LogP contribution in [0, 0.1) is 0 Å². The topological polar surface area (TPSA) is 72.5 Å². The van der Waals surface area contributed by atoms with E-state index < -0.39 is 144 Å². The maximum Gasteiger partial charge on any atom is 0.527 e. The quantitative estimate of drug-likeness (QED) is 0.101. The number of rotatable bonds is 19. The van der Waals surface area contributed by atoms with Crippen molar-refractivity contribution in [1.82, 2.24) is 0 Å². The molecular formula is C27H5F41O7. The van der Waals surface area contributed by atoms with Crippen molar-refractivity contribution < 1.29 is 213 Å². The molecule has 75 heavy (non-hydrogen) atoms. The van der Waals surface area contributed by atoms with Crippen LogP contribution >= 0.6 is 0 Å². The van der Waals surface area contributed by atoms with Crippen LogP contribution in [0.4, 0.5) is 180 Å². The predicted molar refractivity (Wildman–Crippen MR) is 137 cm³/mol. The Morgan fingerprint density at radius 2 is 0.493 bits per heavy atom. The summed E-state index contributed by atoms with van der Waals surface area (Å²) in [5, 5.41) is 0. The van der Waals surface area contributed by atoms with E-state index in [1.807, 2.05) is 4.74 Å². The van der Waals surface area contributed by atoms with E-state index in [1.54, 1.807) is 0 Å². The van der Waals surface area contributed by atoms with Crippen LogP contribution in [-0.2, 0) is 28.4 Å². The van der Waals surface area contributed by atoms with Gasteiger partial charge in [0.2, 0.25) is 0 Å². The van der Waals surface area contributed by atoms with E-state index in [1.165, 1.54) is 0 Å². The van der Waals surface area contributed by atoms with Gasteiger partial charge in [-0.1, -0.05) is 18.2 Å². The van der Waals surface area contributed by atoms with Gasteiger partial charge in [-0.25, -0.2) is 9.53 Å². The van der Waals surface area contributed by atoms with Crippen molar-refractivity contribution in [3.05, 3.63) is 35.9 Å². The lowest BCUT2D eigenvalue weighted by Crippen LogP contribution is -2.84. The third-order valence-electron chi connectivity index (χ3n) is 7.93. The second-order valence-corrected chi connectivity index (χ2v) is 13.1. The number of carbonyl (C=O) groups is 1. The predicted octanol–water partition coefficient (Wildman–Crippen LogP) is 14.1. The lowest BCUT2D eigenvalue weighted by atomic mass is 9.78. The molecule has 0 fully saturated rings. The van der Waals surface area contributed by atoms with E-state index in [2.05, 4.69) is 0 Å². The van der Waals surface area contributed by atoms with Crippen molar-refractivity contribution >= 4 is 5.97 Å². The van der Waals surface area contributed by atoms with Crippen molar-refractivity contribution in [3.63, 3.8) is 0 Å². The van der Waals surface area contributed by atoms with Crippen molar-refractivity contribution in [2.45, 2.75) is 121 Å². The lowest BCUT2D eigenvalue weighted by Gasteiger charge is -2.52. The second kappa shape index (κ2) is 18.6. The highest BCUT2D eigenvalue weighted by molar-refractivity contribution is 5.89. The van der Waals surface area contributed by atoms with Crippen LogP contribution in [0.3, 0.4) is 0 Å². The molecule has 0 aliphatic heterocycles. The summed E-state index contributed by atoms with van der Waals surface area (Å²) >= 11 is 0. The van der Waals surface area contributed by atoms with Crippen LogP contribution in [0.5, 0.6) is 0 Å². The number of hydrogen-bond acceptors (Lipinski definition) is 7. The highest BCUT2D eigenvalue weighted by atomic mass is 19.5. The normalized spacial score (nSPS) is 17.7. The lowest BCUT2D eigenvalue weighted by molar-refractivity contribution is -0.590. The zero-order chi connectivity index (χ0) is 60.9. The maximum absolute atomic E-state index is 16.2. The largest absolute Gasteiger partial charge is 0.527 e. The summed E-state index contributed by atoms with van der Waals surface area (Å²) in [6.07, 6.45) is -111. The number of hydrogen-bond donors (Lipinski definition) is 0. The highest BCUT2D eigenvalue weighted by Gasteiger charge is 3.01. The average Bonchev–Trinajstić information content (AvgIpc) is 3.12. The first kappa shape index (κ1) is 68.6. The molecule has 0 aromatic heterocycles. The fraction of sp³-hybridized carbons (Fsp3) is 0.741. The fourth-order valence-corrected chi connectivity index (χ4v) is 4.46. The fourth-order valence-electron chi connectivity index (χ4n) is 4.46. The van der Waals surface area contributed by atoms with Crippen LogP contribution in [0.1, 0.15) is 10.4 Å². The van der Waals surface area contributed by atoms with E-state index in [0.717, 1.165) is 18.9 Å². The molecule has 0 heterocycles. The molecule has 0 radical (unpaired) electrons. The third kappa shape index (κ3) is 11.2. The molecule has 1 aromatic carbocycles. The minimum Gasteiger partial charge on any atom is -0.435 e. The molecule has 1 rings (SSSR count). The molecule has 0 aliphatic rings. The smallest absolute Gasteiger partial charge is 0.435 e. The van der Waals surface area contributed by atoms with E-state index >= 15 is 57.1 Å². The van der Waals surface area contributed by atoms with Gasteiger partial charge in [0.25, 0.3) is 0 Å². The third-order valence-corrected chi connectivity index (χ3v) is 7.93. The van der Waals surface area contributed by atoms with E-state index in [9.17, 15) is 128 Å². The first-order valence-corrected chi connectivity index (χ1v) is 16.1. The Bertz CT molecular complexity index is 2050. The molecule has 48 heteroatoms. The Morgan fingerprint density at radius 3 is 0.720 bits per heavy atom. The summed E-state index contributed by atoms with van der Waals surface area (Å²) in [5.74, 6) is -74.9. The van der Waals surface area contributed by atoms with Gasteiger partial charge >= 0.3 is 127 Å². The molecule has 2 unspecified atom stereocenters. The Kier molecular flexibility index (Phi) is 17.1. The molecular weight excluding hydrogens is 1220 g/mol. The first-order valence-electron chi connectivity index (χ1n) is 16.1. The average molecular weight is 1220 g/mol. The summed E-state index contributed by atoms with van der Waals surface area (Å²) in [5.41, 5.74) is -13.7. The number of carbonyl (C=O) groups excluding carboxylic acids is 1. The van der Waals surface area contributed by atoms with Crippen molar-refractivity contribution in [2.24, 2.45) is 0 Å².